The number of thioether (sulfide) groups is 1. The molecule has 0 radical (unpaired) electrons. The van der Waals surface area contributed by atoms with E-state index in [4.69, 9.17) is 4.98 Å². The highest BCUT2D eigenvalue weighted by molar-refractivity contribution is 7.99. The smallest absolute Gasteiger partial charge is 0.252 e. The van der Waals surface area contributed by atoms with Crippen LogP contribution in [0.5, 0.6) is 0 Å². The summed E-state index contributed by atoms with van der Waals surface area (Å²) in [6.45, 7) is 2.51. The van der Waals surface area contributed by atoms with E-state index >= 15 is 0 Å². The van der Waals surface area contributed by atoms with E-state index in [1.807, 2.05) is 20.0 Å². The van der Waals surface area contributed by atoms with E-state index in [0.717, 1.165) is 52.3 Å². The van der Waals surface area contributed by atoms with E-state index in [-0.39, 0.29) is 11.7 Å². The lowest BCUT2D eigenvalue weighted by molar-refractivity contribution is 0.0955. The van der Waals surface area contributed by atoms with Gasteiger partial charge in [0.15, 0.2) is 5.65 Å². The highest BCUT2D eigenvalue weighted by Crippen LogP contribution is 2.40. The van der Waals surface area contributed by atoms with Gasteiger partial charge in [0.25, 0.3) is 5.91 Å². The van der Waals surface area contributed by atoms with Crippen molar-refractivity contribution in [3.8, 4) is 0 Å². The van der Waals surface area contributed by atoms with Gasteiger partial charge in [0.05, 0.1) is 16.6 Å². The molecule has 1 aliphatic carbocycles. The van der Waals surface area contributed by atoms with Gasteiger partial charge in [-0.3, -0.25) is 9.48 Å². The van der Waals surface area contributed by atoms with Crippen LogP contribution in [0.15, 0.2) is 35.2 Å². The zero-order valence-electron chi connectivity index (χ0n) is 16.0. The molecule has 0 unspecified atom stereocenters. The summed E-state index contributed by atoms with van der Waals surface area (Å²) in [7, 11) is 1.87. The summed E-state index contributed by atoms with van der Waals surface area (Å²) in [5, 5.41) is 8.32. The molecule has 1 saturated carbocycles. The number of pyridine rings is 1. The number of rotatable bonds is 7. The summed E-state index contributed by atoms with van der Waals surface area (Å²) in [6, 6.07) is 8.42. The lowest BCUT2D eigenvalue weighted by Gasteiger charge is -2.09. The maximum absolute atomic E-state index is 12.9. The maximum atomic E-state index is 12.9. The van der Waals surface area contributed by atoms with Gasteiger partial charge in [-0.1, -0.05) is 0 Å². The third-order valence-electron chi connectivity index (χ3n) is 4.92. The first kappa shape index (κ1) is 18.9. The van der Waals surface area contributed by atoms with Crippen molar-refractivity contribution in [2.75, 3.05) is 12.3 Å². The third kappa shape index (κ3) is 4.04. The largest absolute Gasteiger partial charge is 0.352 e. The van der Waals surface area contributed by atoms with Crippen LogP contribution in [0.1, 0.15) is 46.9 Å². The Bertz CT molecular complexity index is 1010. The Morgan fingerprint density at radius 1 is 1.32 bits per heavy atom. The summed E-state index contributed by atoms with van der Waals surface area (Å²) in [4.78, 5) is 18.6. The van der Waals surface area contributed by atoms with Crippen molar-refractivity contribution >= 4 is 28.7 Å². The first-order chi connectivity index (χ1) is 13.5. The molecule has 0 saturated heterocycles. The van der Waals surface area contributed by atoms with Crippen LogP contribution < -0.4 is 5.32 Å². The van der Waals surface area contributed by atoms with Gasteiger partial charge in [-0.2, -0.15) is 5.10 Å². The fraction of sp³-hybridized carbons (Fsp3) is 0.381. The molecule has 1 N–H and O–H groups in total. The number of carbonyl (C=O) groups excluding carboxylic acids is 1. The lowest BCUT2D eigenvalue weighted by atomic mass is 10.1. The summed E-state index contributed by atoms with van der Waals surface area (Å²) < 4.78 is 14.7. The Kier molecular flexibility index (Phi) is 5.35. The van der Waals surface area contributed by atoms with Gasteiger partial charge in [-0.25, -0.2) is 9.37 Å². The van der Waals surface area contributed by atoms with Crippen molar-refractivity contribution < 1.29 is 9.18 Å². The van der Waals surface area contributed by atoms with Crippen LogP contribution in [0, 0.1) is 12.7 Å². The second-order valence-electron chi connectivity index (χ2n) is 7.19. The third-order valence-corrected chi connectivity index (χ3v) is 6.02. The lowest BCUT2D eigenvalue weighted by Crippen LogP contribution is -2.25. The van der Waals surface area contributed by atoms with Crippen molar-refractivity contribution in [3.63, 3.8) is 0 Å². The molecule has 1 aromatic carbocycles. The fourth-order valence-electron chi connectivity index (χ4n) is 3.32. The average Bonchev–Trinajstić information content (AvgIpc) is 3.49. The van der Waals surface area contributed by atoms with Crippen LogP contribution in [-0.2, 0) is 7.05 Å². The molecule has 146 valence electrons. The Hall–Kier alpha value is -2.41. The van der Waals surface area contributed by atoms with Gasteiger partial charge in [0.2, 0.25) is 0 Å². The molecule has 0 bridgehead atoms. The number of halogens is 1. The first-order valence-electron chi connectivity index (χ1n) is 9.53. The topological polar surface area (TPSA) is 59.8 Å². The molecule has 3 aromatic rings. The summed E-state index contributed by atoms with van der Waals surface area (Å²) in [5.74, 6) is 1.03. The first-order valence-corrected chi connectivity index (χ1v) is 10.5. The minimum atomic E-state index is -0.225. The standard InChI is InChI=1S/C21H23FN4OS/c1-13-19-17(12-18(14-4-5-14)24-20(19)26(2)25-13)21(27)23-10-3-11-28-16-8-6-15(22)7-9-16/h6-9,12,14H,3-5,10-11H2,1-2H3,(H,23,27). The number of aromatic nitrogens is 3. The van der Waals surface area contributed by atoms with Gasteiger partial charge >= 0.3 is 0 Å². The molecule has 1 aliphatic rings. The number of carbonyl (C=O) groups is 1. The second-order valence-corrected chi connectivity index (χ2v) is 8.36. The molecule has 28 heavy (non-hydrogen) atoms. The number of hydrogen-bond donors (Lipinski definition) is 1. The zero-order valence-corrected chi connectivity index (χ0v) is 16.9. The number of hydrogen-bond acceptors (Lipinski definition) is 4. The van der Waals surface area contributed by atoms with E-state index in [1.54, 1.807) is 28.6 Å². The molecule has 7 heteroatoms. The van der Waals surface area contributed by atoms with Gasteiger partial charge in [-0.05, 0) is 62.3 Å². The molecule has 0 spiro atoms. The quantitative estimate of drug-likeness (QED) is 0.479. The van der Waals surface area contributed by atoms with E-state index in [2.05, 4.69) is 10.4 Å². The predicted octanol–water partition coefficient (Wildman–Crippen LogP) is 4.21. The second kappa shape index (κ2) is 7.91. The van der Waals surface area contributed by atoms with E-state index in [0.29, 0.717) is 18.0 Å². The van der Waals surface area contributed by atoms with Crippen molar-refractivity contribution in [2.45, 2.75) is 37.0 Å². The number of nitrogens with one attached hydrogen (secondary N) is 1. The molecular formula is C21H23FN4OS. The van der Waals surface area contributed by atoms with Gasteiger partial charge < -0.3 is 5.32 Å². The summed E-state index contributed by atoms with van der Waals surface area (Å²) >= 11 is 1.66. The zero-order chi connectivity index (χ0) is 19.7. The maximum Gasteiger partial charge on any atom is 0.252 e. The van der Waals surface area contributed by atoms with Crippen LogP contribution in [0.4, 0.5) is 4.39 Å². The number of fused-ring (bicyclic) bond motifs is 1. The van der Waals surface area contributed by atoms with Crippen LogP contribution in [0.3, 0.4) is 0 Å². The normalized spacial score (nSPS) is 13.8. The monoisotopic (exact) mass is 398 g/mol. The SMILES string of the molecule is Cc1nn(C)c2nc(C3CC3)cc(C(=O)NCCCSc3ccc(F)cc3)c12. The predicted molar refractivity (Wildman–Crippen MR) is 109 cm³/mol. The van der Waals surface area contributed by atoms with Crippen LogP contribution >= 0.6 is 11.8 Å². The molecule has 1 amide bonds. The number of benzene rings is 1. The number of nitrogens with zero attached hydrogens (tertiary/aromatic N) is 3. The van der Waals surface area contributed by atoms with Gasteiger partial charge in [0, 0.05) is 30.1 Å². The van der Waals surface area contributed by atoms with Crippen molar-refractivity contribution in [1.82, 2.24) is 20.1 Å². The molecule has 1 fully saturated rings. The summed E-state index contributed by atoms with van der Waals surface area (Å²) in [6.07, 6.45) is 3.11. The number of amides is 1. The Morgan fingerprint density at radius 2 is 2.07 bits per heavy atom. The minimum Gasteiger partial charge on any atom is -0.352 e. The van der Waals surface area contributed by atoms with Gasteiger partial charge in [-0.15, -0.1) is 11.8 Å². The molecule has 5 nitrogen and oxygen atoms in total. The van der Waals surface area contributed by atoms with Crippen molar-refractivity contribution in [3.05, 3.63) is 53.1 Å². The summed E-state index contributed by atoms with van der Waals surface area (Å²) in [5.41, 5.74) is 3.26. The number of aryl methyl sites for hydroxylation is 2. The van der Waals surface area contributed by atoms with Crippen LogP contribution in [0.2, 0.25) is 0 Å². The highest BCUT2D eigenvalue weighted by atomic mass is 32.2. The van der Waals surface area contributed by atoms with Gasteiger partial charge in [0.1, 0.15) is 5.82 Å². The molecule has 0 aliphatic heterocycles. The minimum absolute atomic E-state index is 0.0721. The Morgan fingerprint density at radius 3 is 2.79 bits per heavy atom. The molecular weight excluding hydrogens is 375 g/mol. The Labute approximate surface area is 167 Å². The fourth-order valence-corrected chi connectivity index (χ4v) is 4.17. The Balaban J connectivity index is 1.40. The van der Waals surface area contributed by atoms with Crippen molar-refractivity contribution in [1.29, 1.82) is 0 Å². The highest BCUT2D eigenvalue weighted by Gasteiger charge is 2.28. The molecule has 4 rings (SSSR count). The van der Waals surface area contributed by atoms with Crippen LogP contribution in [0.25, 0.3) is 11.0 Å². The average molecular weight is 399 g/mol. The van der Waals surface area contributed by atoms with Crippen molar-refractivity contribution in [2.24, 2.45) is 7.05 Å². The van der Waals surface area contributed by atoms with Crippen LogP contribution in [-0.4, -0.2) is 33.0 Å². The van der Waals surface area contributed by atoms with E-state index in [9.17, 15) is 9.18 Å². The molecule has 0 atom stereocenters. The molecule has 2 aromatic heterocycles. The van der Waals surface area contributed by atoms with E-state index in [1.165, 1.54) is 12.1 Å². The molecule has 2 heterocycles. The van der Waals surface area contributed by atoms with E-state index < -0.39 is 0 Å².